The van der Waals surface area contributed by atoms with E-state index in [0.29, 0.717) is 0 Å². The van der Waals surface area contributed by atoms with Crippen LogP contribution in [0.2, 0.25) is 18.1 Å². The molecular formula is C13H28NO8PSi. The van der Waals surface area contributed by atoms with Crippen molar-refractivity contribution in [1.82, 2.24) is 5.32 Å². The maximum Gasteiger partial charge on any atom is 0.469 e. The average Bonchev–Trinajstić information content (AvgIpc) is 2.61. The molecule has 0 aliphatic carbocycles. The minimum absolute atomic E-state index is 0.131. The first-order valence-electron chi connectivity index (χ1n) is 7.62. The average molecular weight is 385 g/mol. The number of phosphoric acid groups is 1. The summed E-state index contributed by atoms with van der Waals surface area (Å²) in [6.45, 7) is 10.9. The van der Waals surface area contributed by atoms with Gasteiger partial charge < -0.3 is 29.4 Å². The van der Waals surface area contributed by atoms with Crippen LogP contribution in [0.5, 0.6) is 0 Å². The smallest absolute Gasteiger partial charge is 0.407 e. The lowest BCUT2D eigenvalue weighted by molar-refractivity contribution is -0.129. The fraction of sp³-hybridized carbons (Fsp3) is 0.923. The molecule has 0 bridgehead atoms. The van der Waals surface area contributed by atoms with Crippen molar-refractivity contribution in [2.75, 3.05) is 6.61 Å². The molecule has 4 N–H and O–H groups in total. The highest BCUT2D eigenvalue weighted by Gasteiger charge is 2.50. The number of amides is 1. The van der Waals surface area contributed by atoms with Gasteiger partial charge in [-0.1, -0.05) is 20.8 Å². The van der Waals surface area contributed by atoms with Crippen molar-refractivity contribution >= 4 is 22.0 Å². The van der Waals surface area contributed by atoms with Gasteiger partial charge in [-0.25, -0.2) is 4.57 Å². The van der Waals surface area contributed by atoms with Crippen molar-refractivity contribution in [3.8, 4) is 0 Å². The molecule has 0 aromatic heterocycles. The normalized spacial score (nSPS) is 28.9. The summed E-state index contributed by atoms with van der Waals surface area (Å²) in [5.74, 6) is -0.372. The van der Waals surface area contributed by atoms with Gasteiger partial charge in [-0.3, -0.25) is 9.32 Å². The van der Waals surface area contributed by atoms with E-state index in [4.69, 9.17) is 18.9 Å². The second-order valence-electron chi connectivity index (χ2n) is 7.42. The van der Waals surface area contributed by atoms with Crippen molar-refractivity contribution < 1.29 is 37.9 Å². The second-order valence-corrected chi connectivity index (χ2v) is 13.4. The Morgan fingerprint density at radius 3 is 2.29 bits per heavy atom. The molecule has 1 aliphatic rings. The molecule has 1 aliphatic heterocycles. The predicted octanol–water partition coefficient (Wildman–Crippen LogP) is 0.708. The van der Waals surface area contributed by atoms with Crippen molar-refractivity contribution in [2.24, 2.45) is 0 Å². The van der Waals surface area contributed by atoms with Gasteiger partial charge >= 0.3 is 7.82 Å². The zero-order valence-electron chi connectivity index (χ0n) is 14.8. The Labute approximate surface area is 143 Å². The van der Waals surface area contributed by atoms with E-state index in [1.54, 1.807) is 0 Å². The summed E-state index contributed by atoms with van der Waals surface area (Å²) in [5.41, 5.74) is 0. The number of carbonyl (C=O) groups is 1. The quantitative estimate of drug-likeness (QED) is 0.388. The second kappa shape index (κ2) is 7.51. The maximum atomic E-state index is 11.5. The minimum atomic E-state index is -4.69. The van der Waals surface area contributed by atoms with Crippen LogP contribution in [0, 0.1) is 0 Å². The lowest BCUT2D eigenvalue weighted by atomic mass is 10.1. The Morgan fingerprint density at radius 2 is 1.88 bits per heavy atom. The highest BCUT2D eigenvalue weighted by Crippen LogP contribution is 2.41. The van der Waals surface area contributed by atoms with E-state index in [1.807, 2.05) is 33.9 Å². The lowest BCUT2D eigenvalue weighted by Crippen LogP contribution is -2.54. The van der Waals surface area contributed by atoms with Crippen molar-refractivity contribution in [2.45, 2.75) is 70.4 Å². The Hall–Kier alpha value is -0.323. The molecule has 1 heterocycles. The summed E-state index contributed by atoms with van der Waals surface area (Å²) in [7, 11) is -6.97. The van der Waals surface area contributed by atoms with Crippen LogP contribution in [0.25, 0.3) is 0 Å². The maximum absolute atomic E-state index is 11.5. The van der Waals surface area contributed by atoms with E-state index in [9.17, 15) is 14.5 Å². The van der Waals surface area contributed by atoms with Gasteiger partial charge in [0.05, 0.1) is 12.6 Å². The van der Waals surface area contributed by atoms with E-state index >= 15 is 0 Å². The Bertz CT molecular complexity index is 503. The van der Waals surface area contributed by atoms with E-state index in [2.05, 4.69) is 9.84 Å². The van der Waals surface area contributed by atoms with Gasteiger partial charge in [0.25, 0.3) is 0 Å². The fourth-order valence-corrected chi connectivity index (χ4v) is 3.74. The Kier molecular flexibility index (Phi) is 6.79. The van der Waals surface area contributed by atoms with Gasteiger partial charge in [-0.2, -0.15) is 0 Å². The first-order valence-corrected chi connectivity index (χ1v) is 12.1. The van der Waals surface area contributed by atoms with E-state index < -0.39 is 47.3 Å². The summed E-state index contributed by atoms with van der Waals surface area (Å²) in [6, 6.07) is -0.779. The molecule has 0 radical (unpaired) electrons. The number of ether oxygens (including phenoxy) is 1. The third-order valence-corrected chi connectivity index (χ3v) is 9.32. The molecule has 0 saturated carbocycles. The molecule has 1 amide bonds. The summed E-state index contributed by atoms with van der Waals surface area (Å²) < 4.78 is 26.8. The fourth-order valence-electron chi connectivity index (χ4n) is 2.10. The van der Waals surface area contributed by atoms with Crippen LogP contribution in [0.1, 0.15) is 27.7 Å². The third kappa shape index (κ3) is 5.89. The van der Waals surface area contributed by atoms with Gasteiger partial charge in [-0.15, -0.1) is 0 Å². The molecule has 1 unspecified atom stereocenters. The number of nitrogens with one attached hydrogen (secondary N) is 1. The van der Waals surface area contributed by atoms with Gasteiger partial charge in [0.15, 0.2) is 14.6 Å². The lowest BCUT2D eigenvalue weighted by Gasteiger charge is -2.40. The highest BCUT2D eigenvalue weighted by molar-refractivity contribution is 7.46. The Balaban J connectivity index is 2.96. The summed E-state index contributed by atoms with van der Waals surface area (Å²) in [4.78, 5) is 29.1. The first-order chi connectivity index (χ1) is 10.6. The number of aliphatic hydroxyl groups is 1. The first kappa shape index (κ1) is 21.7. The molecule has 9 nitrogen and oxygen atoms in total. The van der Waals surface area contributed by atoms with E-state index in [-0.39, 0.29) is 10.9 Å². The summed E-state index contributed by atoms with van der Waals surface area (Å²) in [6.07, 6.45) is -3.12. The Morgan fingerprint density at radius 1 is 1.33 bits per heavy atom. The van der Waals surface area contributed by atoms with Crippen molar-refractivity contribution in [3.63, 3.8) is 0 Å². The number of phosphoric ester groups is 1. The molecular weight excluding hydrogens is 357 g/mol. The van der Waals surface area contributed by atoms with Crippen LogP contribution >= 0.6 is 7.82 Å². The molecule has 1 fully saturated rings. The number of carbonyl (C=O) groups excluding carboxylic acids is 1. The van der Waals surface area contributed by atoms with Crippen LogP contribution in [-0.4, -0.2) is 60.3 Å². The van der Waals surface area contributed by atoms with Crippen LogP contribution in [0.15, 0.2) is 0 Å². The molecule has 4 atom stereocenters. The van der Waals surface area contributed by atoms with E-state index in [0.717, 1.165) is 0 Å². The number of hydrogen-bond donors (Lipinski definition) is 4. The molecule has 142 valence electrons. The SMILES string of the molecule is CC(=O)N[C@@H]1C(O[Si](C)(C)C(C)(C)C)[C@H](O)O[C@@H]1COP(=O)(O)O. The zero-order valence-corrected chi connectivity index (χ0v) is 16.7. The minimum Gasteiger partial charge on any atom is -0.407 e. The van der Waals surface area contributed by atoms with Crippen LogP contribution in [0.4, 0.5) is 0 Å². The highest BCUT2D eigenvalue weighted by atomic mass is 31.2. The van der Waals surface area contributed by atoms with Crippen LogP contribution in [-0.2, 0) is 23.0 Å². The molecule has 24 heavy (non-hydrogen) atoms. The summed E-state index contributed by atoms with van der Waals surface area (Å²) >= 11 is 0. The standard InChI is InChI=1S/C13H28NO8PSi/c1-8(15)14-10-9(7-20-23(17,18)19)21-12(16)11(10)22-24(5,6)13(2,3)4/h9-12,16H,7H2,1-6H3,(H,14,15)(H2,17,18,19)/t9-,10+,11?,12-/m1/s1. The zero-order chi connectivity index (χ0) is 18.9. The number of aliphatic hydroxyl groups excluding tert-OH is 1. The largest absolute Gasteiger partial charge is 0.469 e. The molecule has 1 rings (SSSR count). The molecule has 0 aromatic carbocycles. The van der Waals surface area contributed by atoms with Crippen LogP contribution < -0.4 is 5.32 Å². The predicted molar refractivity (Wildman–Crippen MR) is 88.6 cm³/mol. The van der Waals surface area contributed by atoms with E-state index in [1.165, 1.54) is 6.92 Å². The number of rotatable bonds is 6. The molecule has 11 heteroatoms. The van der Waals surface area contributed by atoms with Gasteiger partial charge in [0, 0.05) is 6.92 Å². The van der Waals surface area contributed by atoms with Crippen molar-refractivity contribution in [1.29, 1.82) is 0 Å². The monoisotopic (exact) mass is 385 g/mol. The number of hydrogen-bond acceptors (Lipinski definition) is 6. The molecule has 0 aromatic rings. The summed E-state index contributed by atoms with van der Waals surface area (Å²) in [5, 5.41) is 12.7. The topological polar surface area (TPSA) is 135 Å². The van der Waals surface area contributed by atoms with Gasteiger partial charge in [0.1, 0.15) is 12.2 Å². The molecule has 1 saturated heterocycles. The third-order valence-electron chi connectivity index (χ3n) is 4.36. The van der Waals surface area contributed by atoms with Gasteiger partial charge in [-0.05, 0) is 18.1 Å². The van der Waals surface area contributed by atoms with Crippen molar-refractivity contribution in [3.05, 3.63) is 0 Å². The van der Waals surface area contributed by atoms with Crippen LogP contribution in [0.3, 0.4) is 0 Å². The van der Waals surface area contributed by atoms with Gasteiger partial charge in [0.2, 0.25) is 5.91 Å². The molecule has 0 spiro atoms.